The van der Waals surface area contributed by atoms with Gasteiger partial charge in [-0.1, -0.05) is 27.3 Å². The summed E-state index contributed by atoms with van der Waals surface area (Å²) in [6.45, 7) is 3.57. The van der Waals surface area contributed by atoms with E-state index in [0.29, 0.717) is 42.1 Å². The number of hydrogen-bond acceptors (Lipinski definition) is 9. The second kappa shape index (κ2) is 10.8. The lowest BCUT2D eigenvalue weighted by atomic mass is 9.94. The van der Waals surface area contributed by atoms with E-state index >= 15 is 0 Å². The molecule has 0 fully saturated rings. The van der Waals surface area contributed by atoms with Crippen LogP contribution in [0.5, 0.6) is 23.0 Å². The second-order valence-electron chi connectivity index (χ2n) is 7.96. The van der Waals surface area contributed by atoms with Crippen LogP contribution >= 0.6 is 27.3 Å². The third-order valence-electron chi connectivity index (χ3n) is 5.82. The summed E-state index contributed by atoms with van der Waals surface area (Å²) in [5.41, 5.74) is 1.17. The minimum absolute atomic E-state index is 0.106. The molecular weight excluding hydrogens is 564 g/mol. The molecule has 11 heteroatoms. The number of aromatic hydroxyl groups is 1. The Kier molecular flexibility index (Phi) is 7.74. The van der Waals surface area contributed by atoms with Crippen molar-refractivity contribution in [3.05, 3.63) is 76.9 Å². The fourth-order valence-electron chi connectivity index (χ4n) is 4.14. The lowest BCUT2D eigenvalue weighted by Crippen LogP contribution is -2.40. The van der Waals surface area contributed by atoms with Gasteiger partial charge in [0.15, 0.2) is 16.3 Å². The van der Waals surface area contributed by atoms with Gasteiger partial charge in [0.05, 0.1) is 43.7 Å². The molecule has 0 amide bonds. The van der Waals surface area contributed by atoms with Crippen LogP contribution in [0.4, 0.5) is 0 Å². The van der Waals surface area contributed by atoms with Gasteiger partial charge in [-0.2, -0.15) is 0 Å². The summed E-state index contributed by atoms with van der Waals surface area (Å²) >= 11 is 4.54. The number of aromatic nitrogens is 1. The van der Waals surface area contributed by atoms with E-state index in [1.54, 1.807) is 50.3 Å². The highest BCUT2D eigenvalue weighted by Gasteiger charge is 2.35. The maximum Gasteiger partial charge on any atom is 0.338 e. The van der Waals surface area contributed by atoms with Crippen LogP contribution in [0.15, 0.2) is 55.9 Å². The molecule has 4 rings (SSSR count). The van der Waals surface area contributed by atoms with Gasteiger partial charge in [0.25, 0.3) is 5.56 Å². The number of rotatable bonds is 7. The van der Waals surface area contributed by atoms with Gasteiger partial charge >= 0.3 is 5.97 Å². The number of allylic oxidation sites excluding steroid dienone is 1. The average molecular weight is 589 g/mol. The first-order valence-corrected chi connectivity index (χ1v) is 12.8. The smallest absolute Gasteiger partial charge is 0.338 e. The van der Waals surface area contributed by atoms with Crippen LogP contribution in [0.25, 0.3) is 6.08 Å². The van der Waals surface area contributed by atoms with Crippen molar-refractivity contribution in [1.82, 2.24) is 4.57 Å². The normalized spacial score (nSPS) is 15.2. The number of methoxy groups -OCH3 is 3. The lowest BCUT2D eigenvalue weighted by molar-refractivity contribution is -0.139. The van der Waals surface area contributed by atoms with Gasteiger partial charge < -0.3 is 24.1 Å². The van der Waals surface area contributed by atoms with Crippen LogP contribution in [0.1, 0.15) is 31.0 Å². The predicted octanol–water partition coefficient (Wildman–Crippen LogP) is 3.29. The number of benzene rings is 2. The summed E-state index contributed by atoms with van der Waals surface area (Å²) in [6.07, 6.45) is 1.57. The van der Waals surface area contributed by atoms with E-state index in [1.165, 1.54) is 25.9 Å². The molecule has 37 heavy (non-hydrogen) atoms. The molecule has 1 N–H and O–H groups in total. The number of esters is 1. The van der Waals surface area contributed by atoms with Crippen LogP contribution < -0.4 is 29.1 Å². The van der Waals surface area contributed by atoms with E-state index < -0.39 is 17.6 Å². The van der Waals surface area contributed by atoms with Gasteiger partial charge in [-0.25, -0.2) is 9.79 Å². The molecule has 1 aliphatic heterocycles. The number of thiazole rings is 1. The molecule has 3 aromatic rings. The summed E-state index contributed by atoms with van der Waals surface area (Å²) in [5.74, 6) is 0.564. The van der Waals surface area contributed by atoms with Crippen molar-refractivity contribution in [2.24, 2.45) is 4.99 Å². The van der Waals surface area contributed by atoms with Gasteiger partial charge in [-0.15, -0.1) is 0 Å². The Morgan fingerprint density at radius 3 is 2.54 bits per heavy atom. The molecule has 2 aromatic carbocycles. The molecule has 1 unspecified atom stereocenters. The molecular formula is C26H25BrN2O7S. The number of phenols is 1. The summed E-state index contributed by atoms with van der Waals surface area (Å²) < 4.78 is 24.0. The second-order valence-corrected chi connectivity index (χ2v) is 9.88. The van der Waals surface area contributed by atoms with E-state index in [9.17, 15) is 14.7 Å². The van der Waals surface area contributed by atoms with Crippen molar-refractivity contribution in [3.8, 4) is 23.0 Å². The number of carbonyl (C=O) groups excluding carboxylic acids is 1. The Bertz CT molecular complexity index is 1590. The molecule has 0 radical (unpaired) electrons. The maximum absolute atomic E-state index is 13.8. The van der Waals surface area contributed by atoms with Crippen molar-refractivity contribution < 1.29 is 28.8 Å². The van der Waals surface area contributed by atoms with Gasteiger partial charge in [0.1, 0.15) is 17.5 Å². The topological polar surface area (TPSA) is 109 Å². The van der Waals surface area contributed by atoms with Crippen LogP contribution in [-0.2, 0) is 9.53 Å². The lowest BCUT2D eigenvalue weighted by Gasteiger charge is -2.26. The number of halogens is 1. The third-order valence-corrected chi connectivity index (χ3v) is 7.26. The summed E-state index contributed by atoms with van der Waals surface area (Å²) in [5, 5.41) is 10.6. The zero-order chi connectivity index (χ0) is 26.9. The summed E-state index contributed by atoms with van der Waals surface area (Å²) in [6, 6.07) is 7.59. The van der Waals surface area contributed by atoms with E-state index in [0.717, 1.165) is 11.3 Å². The van der Waals surface area contributed by atoms with Gasteiger partial charge in [-0.3, -0.25) is 9.36 Å². The monoisotopic (exact) mass is 588 g/mol. The van der Waals surface area contributed by atoms with Crippen LogP contribution in [0.2, 0.25) is 0 Å². The minimum atomic E-state index is -0.881. The first-order valence-electron chi connectivity index (χ1n) is 11.2. The number of phenolic OH excluding ortho intramolecular Hbond substituents is 1. The molecule has 0 saturated carbocycles. The zero-order valence-electron chi connectivity index (χ0n) is 20.8. The van der Waals surface area contributed by atoms with Gasteiger partial charge in [0, 0.05) is 15.6 Å². The van der Waals surface area contributed by atoms with Crippen molar-refractivity contribution in [1.29, 1.82) is 0 Å². The van der Waals surface area contributed by atoms with Crippen molar-refractivity contribution in [2.75, 3.05) is 27.9 Å². The molecule has 0 bridgehead atoms. The molecule has 194 valence electrons. The number of nitrogens with zero attached hydrogens (tertiary/aromatic N) is 2. The van der Waals surface area contributed by atoms with Gasteiger partial charge in [0.2, 0.25) is 0 Å². The maximum atomic E-state index is 13.8. The molecule has 0 spiro atoms. The predicted molar refractivity (Wildman–Crippen MR) is 142 cm³/mol. The number of hydrogen-bond donors (Lipinski definition) is 1. The van der Waals surface area contributed by atoms with E-state index in [1.807, 2.05) is 0 Å². The fourth-order valence-corrected chi connectivity index (χ4v) is 5.63. The Hall–Kier alpha value is -3.57. The van der Waals surface area contributed by atoms with Crippen LogP contribution in [0.3, 0.4) is 0 Å². The number of fused-ring (bicyclic) bond motifs is 1. The van der Waals surface area contributed by atoms with Crippen LogP contribution in [0, 0.1) is 0 Å². The highest BCUT2D eigenvalue weighted by Crippen LogP contribution is 2.38. The molecule has 2 heterocycles. The molecule has 1 aliphatic rings. The Labute approximate surface area is 225 Å². The molecule has 1 aromatic heterocycles. The quantitative estimate of drug-likeness (QED) is 0.422. The van der Waals surface area contributed by atoms with E-state index in [4.69, 9.17) is 18.9 Å². The molecule has 1 atom stereocenters. The van der Waals surface area contributed by atoms with Crippen molar-refractivity contribution in [2.45, 2.75) is 19.9 Å². The highest BCUT2D eigenvalue weighted by atomic mass is 79.9. The molecule has 0 saturated heterocycles. The first kappa shape index (κ1) is 26.5. The fraction of sp³-hybridized carbons (Fsp3) is 0.269. The standard InChI is InChI=1S/C26H25BrN2O7S/c1-6-36-25(32)21-13(2)28-26-29(22(21)17-12-16(33-3)7-8-18(17)34-4)24(31)20(37-26)10-14-9-15(27)11-19(35-5)23(14)30/h7-12,22,30H,6H2,1-5H3. The zero-order valence-corrected chi connectivity index (χ0v) is 23.2. The Morgan fingerprint density at radius 2 is 1.89 bits per heavy atom. The first-order chi connectivity index (χ1) is 17.7. The largest absolute Gasteiger partial charge is 0.504 e. The number of carbonyl (C=O) groups is 1. The molecule has 9 nitrogen and oxygen atoms in total. The van der Waals surface area contributed by atoms with Gasteiger partial charge in [-0.05, 0) is 50.3 Å². The van der Waals surface area contributed by atoms with Crippen LogP contribution in [-0.4, -0.2) is 43.6 Å². The Morgan fingerprint density at radius 1 is 1.16 bits per heavy atom. The highest BCUT2D eigenvalue weighted by molar-refractivity contribution is 9.10. The average Bonchev–Trinajstić information content (AvgIpc) is 3.18. The minimum Gasteiger partial charge on any atom is -0.504 e. The van der Waals surface area contributed by atoms with Crippen molar-refractivity contribution >= 4 is 39.3 Å². The Balaban J connectivity index is 2.03. The van der Waals surface area contributed by atoms with E-state index in [2.05, 4.69) is 20.9 Å². The SMILES string of the molecule is CCOC(=O)C1=C(C)N=c2sc(=Cc3cc(Br)cc(OC)c3O)c(=O)n2C1c1cc(OC)ccc1OC. The van der Waals surface area contributed by atoms with E-state index in [-0.39, 0.29) is 23.7 Å². The molecule has 0 aliphatic carbocycles. The number of ether oxygens (including phenoxy) is 4. The third kappa shape index (κ3) is 4.88. The summed E-state index contributed by atoms with van der Waals surface area (Å²) in [4.78, 5) is 31.9. The summed E-state index contributed by atoms with van der Waals surface area (Å²) in [7, 11) is 4.49. The van der Waals surface area contributed by atoms with Crippen molar-refractivity contribution in [3.63, 3.8) is 0 Å².